The molecule has 0 aromatic rings. The summed E-state index contributed by atoms with van der Waals surface area (Å²) in [7, 11) is 0. The highest BCUT2D eigenvalue weighted by atomic mass is 16.4. The molecular formula is C28H45NO4. The minimum Gasteiger partial charge on any atom is -0.481 e. The number of unbranched alkanes of at least 4 members (excludes halogenated alkanes) is 2. The smallest absolute Gasteiger partial charge is 0.303 e. The van der Waals surface area contributed by atoms with Gasteiger partial charge in [-0.3, -0.25) is 19.3 Å². The molecule has 0 bridgehead atoms. The van der Waals surface area contributed by atoms with Crippen LogP contribution in [0, 0.1) is 17.8 Å². The van der Waals surface area contributed by atoms with E-state index in [-0.39, 0.29) is 24.2 Å². The third-order valence-electron chi connectivity index (χ3n) is 6.48. The number of amides is 2. The van der Waals surface area contributed by atoms with Gasteiger partial charge in [0, 0.05) is 25.3 Å². The van der Waals surface area contributed by atoms with Crippen molar-refractivity contribution < 1.29 is 19.5 Å². The molecular weight excluding hydrogens is 414 g/mol. The zero-order valence-electron chi connectivity index (χ0n) is 20.8. The van der Waals surface area contributed by atoms with Crippen LogP contribution in [-0.4, -0.2) is 34.3 Å². The van der Waals surface area contributed by atoms with Gasteiger partial charge in [-0.25, -0.2) is 0 Å². The standard InChI is InChI=1S/C28H45NO4/c1-4-7-9-12-15-23(6-3)21-24(16-11-8-5-2)18-19-25-22-26(30)29(28(25)33)20-14-10-13-17-27(31)32/h6-9,11,23-25H,3-5,10,12-22H2,1-2H3,(H,31,32)/b9-7+,11-8-. The minimum absolute atomic E-state index is 0.0361. The summed E-state index contributed by atoms with van der Waals surface area (Å²) in [4.78, 5) is 37.2. The van der Waals surface area contributed by atoms with Gasteiger partial charge < -0.3 is 5.11 Å². The van der Waals surface area contributed by atoms with Crippen molar-refractivity contribution in [1.29, 1.82) is 0 Å². The van der Waals surface area contributed by atoms with Gasteiger partial charge >= 0.3 is 5.97 Å². The highest BCUT2D eigenvalue weighted by molar-refractivity contribution is 6.03. The zero-order valence-corrected chi connectivity index (χ0v) is 20.8. The minimum atomic E-state index is -0.803. The molecule has 1 fully saturated rings. The van der Waals surface area contributed by atoms with E-state index in [2.05, 4.69) is 50.8 Å². The second-order valence-corrected chi connectivity index (χ2v) is 9.24. The number of nitrogens with zero attached hydrogens (tertiary/aromatic N) is 1. The number of hydrogen-bond acceptors (Lipinski definition) is 3. The maximum absolute atomic E-state index is 12.8. The van der Waals surface area contributed by atoms with Crippen molar-refractivity contribution in [3.63, 3.8) is 0 Å². The highest BCUT2D eigenvalue weighted by Crippen LogP contribution is 2.31. The van der Waals surface area contributed by atoms with Crippen molar-refractivity contribution >= 4 is 17.8 Å². The number of carboxylic acid groups (broad SMARTS) is 1. The first-order valence-electron chi connectivity index (χ1n) is 12.9. The van der Waals surface area contributed by atoms with Gasteiger partial charge in [0.05, 0.1) is 0 Å². The lowest BCUT2D eigenvalue weighted by Gasteiger charge is -2.21. The van der Waals surface area contributed by atoms with Gasteiger partial charge in [-0.2, -0.15) is 0 Å². The van der Waals surface area contributed by atoms with Crippen LogP contribution >= 0.6 is 0 Å². The molecule has 1 saturated heterocycles. The fraction of sp³-hybridized carbons (Fsp3) is 0.679. The van der Waals surface area contributed by atoms with E-state index in [4.69, 9.17) is 5.11 Å². The Labute approximate surface area is 201 Å². The Morgan fingerprint density at radius 3 is 2.48 bits per heavy atom. The maximum Gasteiger partial charge on any atom is 0.303 e. The number of imide groups is 1. The summed E-state index contributed by atoms with van der Waals surface area (Å²) in [6, 6.07) is 0. The van der Waals surface area contributed by atoms with E-state index in [9.17, 15) is 14.4 Å². The van der Waals surface area contributed by atoms with Crippen LogP contribution in [0.1, 0.15) is 97.3 Å². The number of carboxylic acids is 1. The van der Waals surface area contributed by atoms with Crippen molar-refractivity contribution in [2.75, 3.05) is 6.54 Å². The number of aliphatic carboxylic acids is 1. The second-order valence-electron chi connectivity index (χ2n) is 9.24. The average Bonchev–Trinajstić information content (AvgIpc) is 3.06. The summed E-state index contributed by atoms with van der Waals surface area (Å²) in [5.41, 5.74) is 0. The number of likely N-dealkylation sites (tertiary alicyclic amines) is 1. The number of hydrogen-bond donors (Lipinski definition) is 1. The number of allylic oxidation sites excluding steroid dienone is 5. The summed E-state index contributed by atoms with van der Waals surface area (Å²) < 4.78 is 0. The van der Waals surface area contributed by atoms with E-state index in [1.807, 2.05) is 0 Å². The van der Waals surface area contributed by atoms with Crippen LogP contribution in [0.3, 0.4) is 0 Å². The average molecular weight is 460 g/mol. The van der Waals surface area contributed by atoms with E-state index < -0.39 is 5.97 Å². The fourth-order valence-electron chi connectivity index (χ4n) is 4.51. The normalized spacial score (nSPS) is 18.5. The number of rotatable bonds is 19. The van der Waals surface area contributed by atoms with Crippen molar-refractivity contribution in [3.05, 3.63) is 37.0 Å². The largest absolute Gasteiger partial charge is 0.481 e. The molecule has 3 atom stereocenters. The van der Waals surface area contributed by atoms with Crippen LogP contribution in [0.5, 0.6) is 0 Å². The summed E-state index contributed by atoms with van der Waals surface area (Å²) in [6.07, 6.45) is 21.5. The third kappa shape index (κ3) is 12.0. The van der Waals surface area contributed by atoms with E-state index in [1.165, 1.54) is 4.90 Å². The summed E-state index contributed by atoms with van der Waals surface area (Å²) in [5, 5.41) is 8.72. The molecule has 5 heteroatoms. The Bertz CT molecular complexity index is 667. The Hall–Kier alpha value is -2.17. The summed E-state index contributed by atoms with van der Waals surface area (Å²) >= 11 is 0. The van der Waals surface area contributed by atoms with Crippen LogP contribution in [0.25, 0.3) is 0 Å². The van der Waals surface area contributed by atoms with Crippen LogP contribution in [0.4, 0.5) is 0 Å². The van der Waals surface area contributed by atoms with Gasteiger partial charge in [0.15, 0.2) is 0 Å². The first-order chi connectivity index (χ1) is 15.9. The lowest BCUT2D eigenvalue weighted by molar-refractivity contribution is -0.140. The second kappa shape index (κ2) is 17.3. The first-order valence-corrected chi connectivity index (χ1v) is 12.9. The van der Waals surface area contributed by atoms with Crippen molar-refractivity contribution in [1.82, 2.24) is 4.90 Å². The topological polar surface area (TPSA) is 74.7 Å². The van der Waals surface area contributed by atoms with Gasteiger partial charge in [-0.15, -0.1) is 6.58 Å². The van der Waals surface area contributed by atoms with Crippen LogP contribution in [-0.2, 0) is 14.4 Å². The molecule has 1 heterocycles. The Morgan fingerprint density at radius 1 is 1.09 bits per heavy atom. The molecule has 0 spiro atoms. The van der Waals surface area contributed by atoms with Crippen molar-refractivity contribution in [3.8, 4) is 0 Å². The van der Waals surface area contributed by atoms with Crippen LogP contribution < -0.4 is 0 Å². The van der Waals surface area contributed by atoms with Crippen molar-refractivity contribution in [2.24, 2.45) is 17.8 Å². The third-order valence-corrected chi connectivity index (χ3v) is 6.48. The summed E-state index contributed by atoms with van der Waals surface area (Å²) in [5.74, 6) is -0.163. The van der Waals surface area contributed by atoms with E-state index in [1.54, 1.807) is 0 Å². The Morgan fingerprint density at radius 2 is 1.82 bits per heavy atom. The molecule has 0 radical (unpaired) electrons. The molecule has 186 valence electrons. The molecule has 5 nitrogen and oxygen atoms in total. The van der Waals surface area contributed by atoms with Gasteiger partial charge in [0.25, 0.3) is 0 Å². The van der Waals surface area contributed by atoms with E-state index in [0.717, 1.165) is 57.8 Å². The maximum atomic E-state index is 12.8. The lowest BCUT2D eigenvalue weighted by Crippen LogP contribution is -2.31. The number of carbonyl (C=O) groups excluding carboxylic acids is 2. The molecule has 0 saturated carbocycles. The van der Waals surface area contributed by atoms with Gasteiger partial charge in [0.2, 0.25) is 11.8 Å². The predicted octanol–water partition coefficient (Wildman–Crippen LogP) is 6.70. The van der Waals surface area contributed by atoms with E-state index >= 15 is 0 Å². The molecule has 1 aliphatic rings. The molecule has 0 aromatic carbocycles. The number of carbonyl (C=O) groups is 3. The lowest BCUT2D eigenvalue weighted by atomic mass is 9.84. The van der Waals surface area contributed by atoms with E-state index in [0.29, 0.717) is 37.6 Å². The fourth-order valence-corrected chi connectivity index (χ4v) is 4.51. The predicted molar refractivity (Wildman–Crippen MR) is 135 cm³/mol. The quantitative estimate of drug-likeness (QED) is 0.132. The highest BCUT2D eigenvalue weighted by Gasteiger charge is 2.37. The molecule has 0 aromatic heterocycles. The molecule has 3 unspecified atom stereocenters. The summed E-state index contributed by atoms with van der Waals surface area (Å²) in [6.45, 7) is 8.75. The molecule has 1 N–H and O–H groups in total. The van der Waals surface area contributed by atoms with Crippen molar-refractivity contribution in [2.45, 2.75) is 97.3 Å². The SMILES string of the molecule is C=CC(CC/C=C/CC)CC(C/C=C\CC)CCC1CC(=O)N(CCCCCC(=O)O)C1=O. The Kier molecular flexibility index (Phi) is 15.2. The molecule has 33 heavy (non-hydrogen) atoms. The van der Waals surface area contributed by atoms with Crippen LogP contribution in [0.15, 0.2) is 37.0 Å². The molecule has 0 aliphatic carbocycles. The Balaban J connectivity index is 2.57. The molecule has 2 amide bonds. The molecule has 1 aliphatic heterocycles. The first kappa shape index (κ1) is 28.9. The van der Waals surface area contributed by atoms with Gasteiger partial charge in [-0.1, -0.05) is 50.6 Å². The zero-order chi connectivity index (χ0) is 24.5. The molecule has 1 rings (SSSR count). The van der Waals surface area contributed by atoms with Crippen LogP contribution in [0.2, 0.25) is 0 Å². The van der Waals surface area contributed by atoms with Gasteiger partial charge in [-0.05, 0) is 76.0 Å². The van der Waals surface area contributed by atoms with Gasteiger partial charge in [0.1, 0.15) is 0 Å². The monoisotopic (exact) mass is 459 g/mol.